The number of nitrogens with zero attached hydrogens (tertiary/aromatic N) is 1. The summed E-state index contributed by atoms with van der Waals surface area (Å²) in [5.41, 5.74) is 2.67. The molecule has 0 saturated heterocycles. The number of anilines is 2. The number of nitrogens with one attached hydrogen (secondary N) is 3. The van der Waals surface area contributed by atoms with Crippen molar-refractivity contribution >= 4 is 49.4 Å². The smallest absolute Gasteiger partial charge is 0.263 e. The lowest BCUT2D eigenvalue weighted by Gasteiger charge is -2.27. The number of rotatable bonds is 7. The van der Waals surface area contributed by atoms with Gasteiger partial charge in [-0.1, -0.05) is 29.8 Å². The van der Waals surface area contributed by atoms with Gasteiger partial charge in [-0.2, -0.15) is 0 Å². The van der Waals surface area contributed by atoms with Gasteiger partial charge >= 0.3 is 0 Å². The van der Waals surface area contributed by atoms with Gasteiger partial charge in [-0.3, -0.25) is 4.72 Å². The second-order valence-electron chi connectivity index (χ2n) is 6.93. The van der Waals surface area contributed by atoms with Crippen LogP contribution in [0, 0.1) is 5.82 Å². The Kier molecular flexibility index (Phi) is 6.57. The van der Waals surface area contributed by atoms with Gasteiger partial charge in [0.2, 0.25) is 0 Å². The third-order valence-electron chi connectivity index (χ3n) is 4.85. The average Bonchev–Trinajstić information content (AvgIpc) is 3.26. The van der Waals surface area contributed by atoms with Crippen LogP contribution in [0.2, 0.25) is 5.02 Å². The van der Waals surface area contributed by atoms with Crippen LogP contribution in [0.1, 0.15) is 12.0 Å². The molecule has 162 valence electrons. The molecule has 6 nitrogen and oxygen atoms in total. The minimum Gasteiger partial charge on any atom is -0.382 e. The van der Waals surface area contributed by atoms with E-state index in [1.807, 2.05) is 0 Å². The van der Waals surface area contributed by atoms with Gasteiger partial charge in [-0.25, -0.2) is 17.8 Å². The van der Waals surface area contributed by atoms with Gasteiger partial charge in [0.05, 0.1) is 15.6 Å². The molecule has 0 fully saturated rings. The van der Waals surface area contributed by atoms with Crippen molar-refractivity contribution in [1.82, 2.24) is 10.3 Å². The topological polar surface area (TPSA) is 83.1 Å². The van der Waals surface area contributed by atoms with Crippen LogP contribution < -0.4 is 15.4 Å². The molecular formula is C21H20ClFN4O2S2. The number of hydrogen-bond acceptors (Lipinski definition) is 6. The van der Waals surface area contributed by atoms with Crippen LogP contribution in [-0.2, 0) is 10.0 Å². The highest BCUT2D eigenvalue weighted by molar-refractivity contribution is 7.93. The molecule has 2 aromatic carbocycles. The maximum absolute atomic E-state index is 13.3. The second-order valence-corrected chi connectivity index (χ2v) is 9.91. The quantitative estimate of drug-likeness (QED) is 0.462. The lowest BCUT2D eigenvalue weighted by molar-refractivity contribution is 0.601. The minimum atomic E-state index is -3.77. The molecule has 0 spiro atoms. The molecule has 2 heterocycles. The standard InChI is InChI=1S/C21H20ClFN4O2S2/c22-18-12-16(31(28,29)27-21-25-10-11-30-21)7-8-19(18)26-13-20-17(2-1-9-24-20)14-3-5-15(23)6-4-14/h2-8,10-12,20,24,26H,1,9,13H2,(H,25,27)/t20-/m1/s1. The highest BCUT2D eigenvalue weighted by Crippen LogP contribution is 2.28. The maximum Gasteiger partial charge on any atom is 0.263 e. The molecule has 0 radical (unpaired) electrons. The largest absolute Gasteiger partial charge is 0.382 e. The van der Waals surface area contributed by atoms with Crippen molar-refractivity contribution in [2.24, 2.45) is 0 Å². The predicted molar refractivity (Wildman–Crippen MR) is 124 cm³/mol. The van der Waals surface area contributed by atoms with E-state index in [0.717, 1.165) is 24.1 Å². The molecule has 0 aliphatic carbocycles. The normalized spacial score (nSPS) is 16.6. The zero-order valence-electron chi connectivity index (χ0n) is 16.3. The first-order chi connectivity index (χ1) is 14.9. The van der Waals surface area contributed by atoms with E-state index in [2.05, 4.69) is 26.4 Å². The molecule has 3 aromatic rings. The molecule has 4 rings (SSSR count). The third kappa shape index (κ3) is 5.24. The van der Waals surface area contributed by atoms with E-state index >= 15 is 0 Å². The Morgan fingerprint density at radius 3 is 2.74 bits per heavy atom. The first-order valence-electron chi connectivity index (χ1n) is 9.57. The fourth-order valence-corrected chi connectivity index (χ4v) is 5.47. The van der Waals surface area contributed by atoms with Crippen molar-refractivity contribution in [2.45, 2.75) is 17.4 Å². The summed E-state index contributed by atoms with van der Waals surface area (Å²) in [6.45, 7) is 1.37. The van der Waals surface area contributed by atoms with E-state index in [1.165, 1.54) is 41.8 Å². The van der Waals surface area contributed by atoms with Crippen molar-refractivity contribution in [3.8, 4) is 0 Å². The number of aromatic nitrogens is 1. The Hall–Kier alpha value is -2.46. The molecule has 31 heavy (non-hydrogen) atoms. The molecule has 0 bridgehead atoms. The Bertz CT molecular complexity index is 1180. The summed E-state index contributed by atoms with van der Waals surface area (Å²) >= 11 is 7.56. The minimum absolute atomic E-state index is 0.00487. The monoisotopic (exact) mass is 478 g/mol. The summed E-state index contributed by atoms with van der Waals surface area (Å²) in [6, 6.07) is 11.0. The van der Waals surface area contributed by atoms with Crippen LogP contribution in [0.25, 0.3) is 5.57 Å². The lowest BCUT2D eigenvalue weighted by Crippen LogP contribution is -2.39. The summed E-state index contributed by atoms with van der Waals surface area (Å²) in [6.07, 6.45) is 4.57. The SMILES string of the molecule is O=S(=O)(Nc1nccs1)c1ccc(NC[C@H]2NCCC=C2c2ccc(F)cc2)c(Cl)c1. The zero-order chi connectivity index (χ0) is 21.8. The summed E-state index contributed by atoms with van der Waals surface area (Å²) in [5.74, 6) is -0.269. The predicted octanol–water partition coefficient (Wildman–Crippen LogP) is 4.59. The highest BCUT2D eigenvalue weighted by atomic mass is 35.5. The third-order valence-corrected chi connectivity index (χ3v) is 7.32. The van der Waals surface area contributed by atoms with Crippen molar-refractivity contribution in [3.63, 3.8) is 0 Å². The fraction of sp³-hybridized carbons (Fsp3) is 0.190. The fourth-order valence-electron chi connectivity index (χ4n) is 3.35. The van der Waals surface area contributed by atoms with Crippen LogP contribution in [0.15, 0.2) is 65.0 Å². The van der Waals surface area contributed by atoms with Gasteiger partial charge in [-0.05, 0) is 54.4 Å². The second kappa shape index (κ2) is 9.35. The molecule has 0 unspecified atom stereocenters. The molecule has 10 heteroatoms. The number of benzene rings is 2. The number of halogens is 2. The van der Waals surface area contributed by atoms with Crippen molar-refractivity contribution < 1.29 is 12.8 Å². The molecule has 0 saturated carbocycles. The van der Waals surface area contributed by atoms with Gasteiger partial charge in [-0.15, -0.1) is 11.3 Å². The van der Waals surface area contributed by atoms with Crippen molar-refractivity contribution in [2.75, 3.05) is 23.1 Å². The van der Waals surface area contributed by atoms with Crippen LogP contribution in [0.5, 0.6) is 0 Å². The van der Waals surface area contributed by atoms with Crippen molar-refractivity contribution in [1.29, 1.82) is 0 Å². The number of thiazole rings is 1. The molecule has 3 N–H and O–H groups in total. The van der Waals surface area contributed by atoms with Crippen LogP contribution in [0.3, 0.4) is 0 Å². The van der Waals surface area contributed by atoms with E-state index in [1.54, 1.807) is 23.6 Å². The van der Waals surface area contributed by atoms with Gasteiger partial charge < -0.3 is 10.6 Å². The first-order valence-corrected chi connectivity index (χ1v) is 12.3. The van der Waals surface area contributed by atoms with E-state index in [-0.39, 0.29) is 16.8 Å². The van der Waals surface area contributed by atoms with Gasteiger partial charge in [0.1, 0.15) is 5.82 Å². The number of sulfonamides is 1. The Morgan fingerprint density at radius 1 is 1.23 bits per heavy atom. The van der Waals surface area contributed by atoms with Gasteiger partial charge in [0.15, 0.2) is 5.13 Å². The van der Waals surface area contributed by atoms with E-state index in [4.69, 9.17) is 11.6 Å². The molecule has 1 aliphatic rings. The molecule has 0 amide bonds. The highest BCUT2D eigenvalue weighted by Gasteiger charge is 2.20. The van der Waals surface area contributed by atoms with E-state index < -0.39 is 10.0 Å². The summed E-state index contributed by atoms with van der Waals surface area (Å²) in [7, 11) is -3.77. The van der Waals surface area contributed by atoms with E-state index in [0.29, 0.717) is 22.4 Å². The van der Waals surface area contributed by atoms with E-state index in [9.17, 15) is 12.8 Å². The Labute approximate surface area is 189 Å². The van der Waals surface area contributed by atoms with Gasteiger partial charge in [0.25, 0.3) is 10.0 Å². The van der Waals surface area contributed by atoms with Crippen molar-refractivity contribution in [3.05, 3.63) is 76.5 Å². The lowest BCUT2D eigenvalue weighted by atomic mass is 9.94. The molecule has 1 aromatic heterocycles. The average molecular weight is 479 g/mol. The molecule has 1 atom stereocenters. The zero-order valence-corrected chi connectivity index (χ0v) is 18.7. The molecule has 1 aliphatic heterocycles. The Morgan fingerprint density at radius 2 is 2.03 bits per heavy atom. The summed E-state index contributed by atoms with van der Waals surface area (Å²) in [5, 5.41) is 9.01. The number of hydrogen-bond donors (Lipinski definition) is 3. The first kappa shape index (κ1) is 21.8. The molecular weight excluding hydrogens is 459 g/mol. The van der Waals surface area contributed by atoms with Crippen LogP contribution in [-0.4, -0.2) is 32.5 Å². The summed E-state index contributed by atoms with van der Waals surface area (Å²) in [4.78, 5) is 3.99. The van der Waals surface area contributed by atoms with Crippen LogP contribution in [0.4, 0.5) is 15.2 Å². The van der Waals surface area contributed by atoms with Crippen LogP contribution >= 0.6 is 22.9 Å². The van der Waals surface area contributed by atoms with Gasteiger partial charge in [0, 0.05) is 24.2 Å². The Balaban J connectivity index is 1.46. The summed E-state index contributed by atoms with van der Waals surface area (Å²) < 4.78 is 40.8. The maximum atomic E-state index is 13.3.